The molecule has 0 aliphatic carbocycles. The van der Waals surface area contributed by atoms with Crippen molar-refractivity contribution in [3.63, 3.8) is 0 Å². The van der Waals surface area contributed by atoms with E-state index in [0.717, 1.165) is 49.9 Å². The Morgan fingerprint density at radius 1 is 1.24 bits per heavy atom. The molecule has 2 N–H and O–H groups in total. The second-order valence-corrected chi connectivity index (χ2v) is 4.39. The third-order valence-electron chi connectivity index (χ3n) is 2.78. The highest BCUT2D eigenvalue weighted by Gasteiger charge is 2.11. The number of H-pyrrole nitrogens is 1. The second-order valence-electron chi connectivity index (χ2n) is 4.39. The molecule has 0 atom stereocenters. The van der Waals surface area contributed by atoms with Gasteiger partial charge in [-0.25, -0.2) is 4.98 Å². The van der Waals surface area contributed by atoms with Gasteiger partial charge in [-0.2, -0.15) is 0 Å². The lowest BCUT2D eigenvalue weighted by atomic mass is 10.1. The van der Waals surface area contributed by atoms with E-state index in [1.807, 2.05) is 0 Å². The molecule has 0 aliphatic rings. The number of rotatable bonds is 8. The molecule has 17 heavy (non-hydrogen) atoms. The summed E-state index contributed by atoms with van der Waals surface area (Å²) in [5.74, 6) is -0.238. The van der Waals surface area contributed by atoms with Gasteiger partial charge in [0.2, 0.25) is 0 Å². The first-order chi connectivity index (χ1) is 8.17. The molecule has 0 unspecified atom stereocenters. The fraction of sp³-hybridized carbons (Fsp3) is 0.692. The number of imidazole rings is 1. The Bertz CT molecular complexity index is 333. The highest BCUT2D eigenvalue weighted by atomic mass is 16.4. The van der Waals surface area contributed by atoms with E-state index < -0.39 is 5.97 Å². The summed E-state index contributed by atoms with van der Waals surface area (Å²) < 4.78 is 0. The highest BCUT2D eigenvalue weighted by Crippen LogP contribution is 2.13. The van der Waals surface area contributed by atoms with Crippen LogP contribution in [0.1, 0.15) is 56.7 Å². The lowest BCUT2D eigenvalue weighted by Gasteiger charge is -2.00. The van der Waals surface area contributed by atoms with Gasteiger partial charge in [0.1, 0.15) is 12.2 Å². The number of unbranched alkanes of at least 4 members (excludes halogenated alkanes) is 2. The van der Waals surface area contributed by atoms with Crippen molar-refractivity contribution in [1.29, 1.82) is 0 Å². The number of aliphatic carboxylic acids is 1. The summed E-state index contributed by atoms with van der Waals surface area (Å²) in [5.41, 5.74) is 2.20. The third kappa shape index (κ3) is 4.59. The van der Waals surface area contributed by atoms with Crippen molar-refractivity contribution < 1.29 is 9.90 Å². The van der Waals surface area contributed by atoms with Crippen LogP contribution in [0.2, 0.25) is 0 Å². The van der Waals surface area contributed by atoms with Gasteiger partial charge in [-0.3, -0.25) is 4.79 Å². The van der Waals surface area contributed by atoms with E-state index in [0.29, 0.717) is 5.82 Å². The van der Waals surface area contributed by atoms with Crippen molar-refractivity contribution in [2.75, 3.05) is 0 Å². The number of carbonyl (C=O) groups is 1. The number of carboxylic acids is 1. The van der Waals surface area contributed by atoms with Gasteiger partial charge in [0, 0.05) is 5.69 Å². The van der Waals surface area contributed by atoms with Gasteiger partial charge in [0.15, 0.2) is 0 Å². The van der Waals surface area contributed by atoms with Crippen molar-refractivity contribution in [2.24, 2.45) is 0 Å². The summed E-state index contributed by atoms with van der Waals surface area (Å²) >= 11 is 0. The lowest BCUT2D eigenvalue weighted by molar-refractivity contribution is -0.136. The van der Waals surface area contributed by atoms with E-state index in [-0.39, 0.29) is 6.42 Å². The van der Waals surface area contributed by atoms with Crippen LogP contribution in [-0.4, -0.2) is 21.0 Å². The van der Waals surface area contributed by atoms with Crippen LogP contribution in [0.15, 0.2) is 0 Å². The van der Waals surface area contributed by atoms with Gasteiger partial charge < -0.3 is 10.1 Å². The van der Waals surface area contributed by atoms with E-state index in [1.165, 1.54) is 0 Å². The fourth-order valence-corrected chi connectivity index (χ4v) is 1.84. The normalized spacial score (nSPS) is 10.7. The molecular formula is C13H22N2O2. The fourth-order valence-electron chi connectivity index (χ4n) is 1.84. The van der Waals surface area contributed by atoms with Gasteiger partial charge in [0.05, 0.1) is 5.69 Å². The van der Waals surface area contributed by atoms with Crippen molar-refractivity contribution in [2.45, 2.75) is 58.8 Å². The van der Waals surface area contributed by atoms with Crippen molar-refractivity contribution >= 4 is 5.97 Å². The second kappa shape index (κ2) is 7.09. The molecule has 0 aliphatic heterocycles. The highest BCUT2D eigenvalue weighted by molar-refractivity contribution is 5.69. The standard InChI is InChI=1S/C13H22N2O2/c1-3-5-7-10-11(8-6-4-2)15-12(14-10)9-13(16)17/h3-9H2,1-2H3,(H,14,15)(H,16,17). The molecule has 0 radical (unpaired) electrons. The number of aromatic nitrogens is 2. The van der Waals surface area contributed by atoms with Gasteiger partial charge in [-0.05, 0) is 25.7 Å². The first-order valence-electron chi connectivity index (χ1n) is 6.45. The Hall–Kier alpha value is -1.32. The molecule has 0 aromatic carbocycles. The van der Waals surface area contributed by atoms with Crippen molar-refractivity contribution in [1.82, 2.24) is 9.97 Å². The molecule has 96 valence electrons. The smallest absolute Gasteiger partial charge is 0.311 e. The zero-order chi connectivity index (χ0) is 12.7. The SMILES string of the molecule is CCCCc1nc(CC(=O)O)[nH]c1CCCC. The average Bonchev–Trinajstić information content (AvgIpc) is 2.64. The molecule has 0 saturated carbocycles. The molecule has 0 saturated heterocycles. The summed E-state index contributed by atoms with van der Waals surface area (Å²) in [4.78, 5) is 18.2. The predicted molar refractivity (Wildman–Crippen MR) is 67.2 cm³/mol. The van der Waals surface area contributed by atoms with Gasteiger partial charge in [-0.15, -0.1) is 0 Å². The van der Waals surface area contributed by atoms with E-state index in [1.54, 1.807) is 0 Å². The molecule has 1 heterocycles. The Morgan fingerprint density at radius 2 is 1.88 bits per heavy atom. The molecule has 0 spiro atoms. The Kier molecular flexibility index (Phi) is 5.73. The van der Waals surface area contributed by atoms with Crippen LogP contribution in [-0.2, 0) is 24.1 Å². The van der Waals surface area contributed by atoms with Crippen molar-refractivity contribution in [3.8, 4) is 0 Å². The number of hydrogen-bond acceptors (Lipinski definition) is 2. The molecule has 4 heteroatoms. The average molecular weight is 238 g/mol. The maximum absolute atomic E-state index is 10.7. The van der Waals surface area contributed by atoms with E-state index in [9.17, 15) is 4.79 Å². The summed E-state index contributed by atoms with van der Waals surface area (Å²) in [6.07, 6.45) is 6.41. The van der Waals surface area contributed by atoms with Crippen LogP contribution in [0.3, 0.4) is 0 Å². The molecule has 1 aromatic rings. The van der Waals surface area contributed by atoms with Crippen LogP contribution >= 0.6 is 0 Å². The quantitative estimate of drug-likeness (QED) is 0.731. The Morgan fingerprint density at radius 3 is 2.47 bits per heavy atom. The first kappa shape index (κ1) is 13.7. The number of carboxylic acid groups (broad SMARTS) is 1. The summed E-state index contributed by atoms with van der Waals surface area (Å²) in [7, 11) is 0. The maximum Gasteiger partial charge on any atom is 0.311 e. The van der Waals surface area contributed by atoms with Gasteiger partial charge in [0.25, 0.3) is 0 Å². The zero-order valence-corrected chi connectivity index (χ0v) is 10.8. The Labute approximate surface area is 102 Å². The summed E-state index contributed by atoms with van der Waals surface area (Å²) in [5, 5.41) is 8.76. The van der Waals surface area contributed by atoms with Crippen molar-refractivity contribution in [3.05, 3.63) is 17.2 Å². The molecule has 0 fully saturated rings. The minimum Gasteiger partial charge on any atom is -0.481 e. The summed E-state index contributed by atoms with van der Waals surface area (Å²) in [6.45, 7) is 4.30. The van der Waals surface area contributed by atoms with E-state index in [2.05, 4.69) is 23.8 Å². The Balaban J connectivity index is 2.74. The summed E-state index contributed by atoms with van der Waals surface area (Å²) in [6, 6.07) is 0. The monoisotopic (exact) mass is 238 g/mol. The minimum atomic E-state index is -0.831. The third-order valence-corrected chi connectivity index (χ3v) is 2.78. The number of hydrogen-bond donors (Lipinski definition) is 2. The predicted octanol–water partition coefficient (Wildman–Crippen LogP) is 2.72. The van der Waals surface area contributed by atoms with E-state index >= 15 is 0 Å². The van der Waals surface area contributed by atoms with Crippen LogP contribution in [0, 0.1) is 0 Å². The number of nitrogens with zero attached hydrogens (tertiary/aromatic N) is 1. The molecule has 0 amide bonds. The van der Waals surface area contributed by atoms with Crippen LogP contribution < -0.4 is 0 Å². The number of aromatic amines is 1. The van der Waals surface area contributed by atoms with E-state index in [4.69, 9.17) is 5.11 Å². The van der Waals surface area contributed by atoms with Crippen LogP contribution in [0.5, 0.6) is 0 Å². The van der Waals surface area contributed by atoms with Gasteiger partial charge >= 0.3 is 5.97 Å². The molecule has 1 rings (SSSR count). The largest absolute Gasteiger partial charge is 0.481 e. The lowest BCUT2D eigenvalue weighted by Crippen LogP contribution is -2.01. The van der Waals surface area contributed by atoms with Crippen LogP contribution in [0.4, 0.5) is 0 Å². The minimum absolute atomic E-state index is 0.00868. The maximum atomic E-state index is 10.7. The molecule has 1 aromatic heterocycles. The molecular weight excluding hydrogens is 216 g/mol. The van der Waals surface area contributed by atoms with Gasteiger partial charge in [-0.1, -0.05) is 26.7 Å². The molecule has 4 nitrogen and oxygen atoms in total. The topological polar surface area (TPSA) is 66.0 Å². The number of aryl methyl sites for hydroxylation is 2. The molecule has 0 bridgehead atoms. The zero-order valence-electron chi connectivity index (χ0n) is 10.8. The number of nitrogens with one attached hydrogen (secondary N) is 1. The first-order valence-corrected chi connectivity index (χ1v) is 6.45. The van der Waals surface area contributed by atoms with Crippen LogP contribution in [0.25, 0.3) is 0 Å².